The van der Waals surface area contributed by atoms with E-state index in [9.17, 15) is 4.79 Å². The molecule has 0 spiro atoms. The number of hydrogen-bond acceptors (Lipinski definition) is 4. The van der Waals surface area contributed by atoms with Crippen molar-refractivity contribution in [1.29, 1.82) is 0 Å². The zero-order valence-corrected chi connectivity index (χ0v) is 6.94. The van der Waals surface area contributed by atoms with Crippen molar-refractivity contribution in [2.24, 2.45) is 0 Å². The van der Waals surface area contributed by atoms with Crippen LogP contribution in [0.4, 0.5) is 5.95 Å². The van der Waals surface area contributed by atoms with Crippen LogP contribution in [0.1, 0.15) is 6.92 Å². The van der Waals surface area contributed by atoms with Crippen molar-refractivity contribution in [2.45, 2.75) is 6.92 Å². The Hall–Kier alpha value is -1.91. The maximum absolute atomic E-state index is 10.7. The fraction of sp³-hybridized carbons (Fsp3) is 0.125. The minimum Gasteiger partial charge on any atom is -0.461 e. The van der Waals surface area contributed by atoms with Crippen LogP contribution in [0.25, 0.3) is 11.1 Å². The third-order valence-corrected chi connectivity index (χ3v) is 1.49. The van der Waals surface area contributed by atoms with Gasteiger partial charge in [0.05, 0.1) is 12.5 Å². The van der Waals surface area contributed by atoms with Crippen molar-refractivity contribution in [3.05, 3.63) is 18.5 Å². The second kappa shape index (κ2) is 2.85. The van der Waals surface area contributed by atoms with Crippen molar-refractivity contribution < 1.29 is 9.21 Å². The molecule has 5 nitrogen and oxygen atoms in total. The summed E-state index contributed by atoms with van der Waals surface area (Å²) >= 11 is 0. The number of rotatable bonds is 1. The molecule has 1 amide bonds. The molecular formula is C8H7N3O2. The van der Waals surface area contributed by atoms with E-state index < -0.39 is 0 Å². The van der Waals surface area contributed by atoms with E-state index in [1.54, 1.807) is 6.07 Å². The Morgan fingerprint density at radius 3 is 3.23 bits per heavy atom. The van der Waals surface area contributed by atoms with Crippen molar-refractivity contribution >= 4 is 23.0 Å². The van der Waals surface area contributed by atoms with Crippen LogP contribution in [0.3, 0.4) is 0 Å². The first kappa shape index (κ1) is 7.72. The van der Waals surface area contributed by atoms with Crippen LogP contribution in [0, 0.1) is 0 Å². The number of anilines is 1. The topological polar surface area (TPSA) is 68.0 Å². The molecule has 5 heteroatoms. The average molecular weight is 177 g/mol. The summed E-state index contributed by atoms with van der Waals surface area (Å²) in [5.74, 6) is 0.101. The number of carbonyl (C=O) groups excluding carboxylic acids is 1. The first-order chi connectivity index (χ1) is 6.25. The maximum atomic E-state index is 10.7. The lowest BCUT2D eigenvalue weighted by molar-refractivity contribution is -0.114. The molecule has 0 bridgehead atoms. The van der Waals surface area contributed by atoms with Crippen LogP contribution in [0.2, 0.25) is 0 Å². The lowest BCUT2D eigenvalue weighted by Crippen LogP contribution is -2.08. The van der Waals surface area contributed by atoms with Gasteiger partial charge in [-0.15, -0.1) is 0 Å². The highest BCUT2D eigenvalue weighted by atomic mass is 16.3. The number of nitrogens with zero attached hydrogens (tertiary/aromatic N) is 2. The number of aromatic nitrogens is 2. The van der Waals surface area contributed by atoms with Gasteiger partial charge in [-0.1, -0.05) is 0 Å². The van der Waals surface area contributed by atoms with E-state index >= 15 is 0 Å². The fourth-order valence-electron chi connectivity index (χ4n) is 0.984. The summed E-state index contributed by atoms with van der Waals surface area (Å²) < 4.78 is 5.04. The molecule has 0 aliphatic heterocycles. The molecule has 2 aromatic rings. The smallest absolute Gasteiger partial charge is 0.230 e. The minimum absolute atomic E-state index is 0.192. The molecule has 0 saturated carbocycles. The maximum Gasteiger partial charge on any atom is 0.230 e. The molecule has 0 atom stereocenters. The predicted molar refractivity (Wildman–Crippen MR) is 46.1 cm³/mol. The summed E-state index contributed by atoms with van der Waals surface area (Å²) in [7, 11) is 0. The summed E-state index contributed by atoms with van der Waals surface area (Å²) in [4.78, 5) is 18.6. The molecule has 1 N–H and O–H groups in total. The quantitative estimate of drug-likeness (QED) is 0.710. The standard InChI is InChI=1S/C8H7N3O2/c1-5(12)10-8-9-4-7-6(11-8)2-3-13-7/h2-4H,1H3,(H,9,10,11,12). The summed E-state index contributed by atoms with van der Waals surface area (Å²) in [6.07, 6.45) is 3.05. The van der Waals surface area contributed by atoms with Gasteiger partial charge < -0.3 is 4.42 Å². The zero-order valence-electron chi connectivity index (χ0n) is 6.94. The van der Waals surface area contributed by atoms with E-state index in [4.69, 9.17) is 4.42 Å². The van der Waals surface area contributed by atoms with Crippen LogP contribution in [-0.4, -0.2) is 15.9 Å². The molecule has 66 valence electrons. The molecule has 2 aromatic heterocycles. The normalized spacial score (nSPS) is 10.2. The molecule has 0 fully saturated rings. The molecule has 13 heavy (non-hydrogen) atoms. The predicted octanol–water partition coefficient (Wildman–Crippen LogP) is 1.18. The molecule has 0 aromatic carbocycles. The van der Waals surface area contributed by atoms with Gasteiger partial charge in [0.2, 0.25) is 11.9 Å². The monoisotopic (exact) mass is 177 g/mol. The second-order valence-electron chi connectivity index (χ2n) is 2.54. The summed E-state index contributed by atoms with van der Waals surface area (Å²) in [6.45, 7) is 1.41. The molecule has 0 radical (unpaired) electrons. The summed E-state index contributed by atoms with van der Waals surface area (Å²) in [5, 5.41) is 2.48. The molecule has 2 rings (SSSR count). The van der Waals surface area contributed by atoms with E-state index in [0.29, 0.717) is 17.0 Å². The van der Waals surface area contributed by atoms with Crippen LogP contribution < -0.4 is 5.32 Å². The van der Waals surface area contributed by atoms with Crippen molar-refractivity contribution in [1.82, 2.24) is 9.97 Å². The summed E-state index contributed by atoms with van der Waals surface area (Å²) in [6, 6.07) is 1.71. The van der Waals surface area contributed by atoms with Crippen LogP contribution in [0.5, 0.6) is 0 Å². The van der Waals surface area contributed by atoms with Gasteiger partial charge in [0.15, 0.2) is 5.58 Å². The molecule has 0 aliphatic rings. The Morgan fingerprint density at radius 1 is 1.62 bits per heavy atom. The number of furan rings is 1. The van der Waals surface area contributed by atoms with Crippen molar-refractivity contribution in [2.75, 3.05) is 5.32 Å². The van der Waals surface area contributed by atoms with Crippen molar-refractivity contribution in [3.63, 3.8) is 0 Å². The van der Waals surface area contributed by atoms with Gasteiger partial charge in [0, 0.05) is 13.0 Å². The highest BCUT2D eigenvalue weighted by molar-refractivity contribution is 5.87. The number of amides is 1. The third kappa shape index (κ3) is 1.48. The molecule has 2 heterocycles. The lowest BCUT2D eigenvalue weighted by Gasteiger charge is -1.97. The van der Waals surface area contributed by atoms with E-state index in [2.05, 4.69) is 15.3 Å². The first-order valence-corrected chi connectivity index (χ1v) is 3.73. The Bertz CT molecular complexity index is 449. The molecule has 0 aliphatic carbocycles. The Kier molecular flexibility index (Phi) is 1.70. The highest BCUT2D eigenvalue weighted by Crippen LogP contribution is 2.12. The number of hydrogen-bond donors (Lipinski definition) is 1. The summed E-state index contributed by atoms with van der Waals surface area (Å²) in [5.41, 5.74) is 1.29. The fourth-order valence-corrected chi connectivity index (χ4v) is 0.984. The molecule has 0 unspecified atom stereocenters. The average Bonchev–Trinajstić information content (AvgIpc) is 2.49. The first-order valence-electron chi connectivity index (χ1n) is 3.73. The van der Waals surface area contributed by atoms with Gasteiger partial charge >= 0.3 is 0 Å². The van der Waals surface area contributed by atoms with Crippen molar-refractivity contribution in [3.8, 4) is 0 Å². The van der Waals surface area contributed by atoms with Crippen LogP contribution >= 0.6 is 0 Å². The van der Waals surface area contributed by atoms with E-state index in [1.165, 1.54) is 19.4 Å². The van der Waals surface area contributed by atoms with Gasteiger partial charge in [0.1, 0.15) is 5.52 Å². The number of carbonyl (C=O) groups is 1. The van der Waals surface area contributed by atoms with E-state index in [0.717, 1.165) is 0 Å². The Labute approximate surface area is 73.8 Å². The Balaban J connectivity index is 2.42. The van der Waals surface area contributed by atoms with E-state index in [1.807, 2.05) is 0 Å². The van der Waals surface area contributed by atoms with Gasteiger partial charge in [0.25, 0.3) is 0 Å². The van der Waals surface area contributed by atoms with Gasteiger partial charge in [-0.25, -0.2) is 9.97 Å². The van der Waals surface area contributed by atoms with E-state index in [-0.39, 0.29) is 5.91 Å². The largest absolute Gasteiger partial charge is 0.461 e. The van der Waals surface area contributed by atoms with Crippen LogP contribution in [0.15, 0.2) is 22.9 Å². The zero-order chi connectivity index (χ0) is 9.26. The molecule has 0 saturated heterocycles. The highest BCUT2D eigenvalue weighted by Gasteiger charge is 2.02. The minimum atomic E-state index is -0.192. The van der Waals surface area contributed by atoms with Gasteiger partial charge in [-0.2, -0.15) is 0 Å². The third-order valence-electron chi connectivity index (χ3n) is 1.49. The SMILES string of the molecule is CC(=O)Nc1ncc2occc2n1. The van der Waals surface area contributed by atoms with Gasteiger partial charge in [-0.05, 0) is 0 Å². The molecular weight excluding hydrogens is 170 g/mol. The number of fused-ring (bicyclic) bond motifs is 1. The lowest BCUT2D eigenvalue weighted by atomic mass is 10.5. The second-order valence-corrected chi connectivity index (χ2v) is 2.54. The van der Waals surface area contributed by atoms with Gasteiger partial charge in [-0.3, -0.25) is 10.1 Å². The number of nitrogens with one attached hydrogen (secondary N) is 1. The van der Waals surface area contributed by atoms with Crippen LogP contribution in [-0.2, 0) is 4.79 Å². The Morgan fingerprint density at radius 2 is 2.46 bits per heavy atom.